The van der Waals surface area contributed by atoms with E-state index in [1.807, 2.05) is 19.1 Å². The summed E-state index contributed by atoms with van der Waals surface area (Å²) in [4.78, 5) is 42.1. The molecular formula is C22H24N4O4. The maximum absolute atomic E-state index is 12.8. The molecule has 0 unspecified atom stereocenters. The maximum atomic E-state index is 12.8. The number of piperidine rings is 1. The first-order valence-electron chi connectivity index (χ1n) is 10.2. The minimum Gasteiger partial charge on any atom is -0.349 e. The van der Waals surface area contributed by atoms with E-state index in [2.05, 4.69) is 10.3 Å². The highest BCUT2D eigenvalue weighted by molar-refractivity contribution is 5.96. The molecule has 2 aromatic rings. The molecule has 0 bridgehead atoms. The van der Waals surface area contributed by atoms with Gasteiger partial charge in [-0.15, -0.1) is 0 Å². The number of non-ortho nitro benzene ring substituents is 1. The van der Waals surface area contributed by atoms with Crippen LogP contribution in [0.2, 0.25) is 0 Å². The Balaban J connectivity index is 1.44. The van der Waals surface area contributed by atoms with Crippen molar-refractivity contribution in [3.8, 4) is 0 Å². The molecule has 0 radical (unpaired) electrons. The Morgan fingerprint density at radius 1 is 1.07 bits per heavy atom. The summed E-state index contributed by atoms with van der Waals surface area (Å²) in [5.74, 6) is -0.0811. The van der Waals surface area contributed by atoms with Gasteiger partial charge in [0, 0.05) is 48.4 Å². The van der Waals surface area contributed by atoms with E-state index in [-0.39, 0.29) is 29.5 Å². The van der Waals surface area contributed by atoms with Crippen molar-refractivity contribution < 1.29 is 14.5 Å². The second kappa shape index (κ2) is 8.22. The van der Waals surface area contributed by atoms with E-state index in [9.17, 15) is 19.7 Å². The Morgan fingerprint density at radius 3 is 2.33 bits per heavy atom. The molecule has 1 aliphatic carbocycles. The van der Waals surface area contributed by atoms with E-state index in [0.29, 0.717) is 24.2 Å². The molecule has 2 fully saturated rings. The first-order chi connectivity index (χ1) is 14.4. The van der Waals surface area contributed by atoms with Gasteiger partial charge >= 0.3 is 0 Å². The predicted molar refractivity (Wildman–Crippen MR) is 110 cm³/mol. The Bertz CT molecular complexity index is 977. The summed E-state index contributed by atoms with van der Waals surface area (Å²) in [5, 5.41) is 13.8. The van der Waals surface area contributed by atoms with Gasteiger partial charge < -0.3 is 10.2 Å². The van der Waals surface area contributed by atoms with Gasteiger partial charge in [0.15, 0.2) is 0 Å². The fraction of sp³-hybridized carbons (Fsp3) is 0.409. The number of nitrogens with one attached hydrogen (secondary N) is 1. The average molecular weight is 408 g/mol. The Morgan fingerprint density at radius 2 is 1.73 bits per heavy atom. The smallest absolute Gasteiger partial charge is 0.269 e. The summed E-state index contributed by atoms with van der Waals surface area (Å²) in [6.45, 7) is 3.03. The third-order valence-electron chi connectivity index (χ3n) is 5.72. The lowest BCUT2D eigenvalue weighted by Gasteiger charge is -2.32. The van der Waals surface area contributed by atoms with Crippen molar-refractivity contribution in [2.75, 3.05) is 13.1 Å². The minimum atomic E-state index is -0.481. The van der Waals surface area contributed by atoms with Crippen LogP contribution in [0.25, 0.3) is 0 Å². The molecule has 2 heterocycles. The van der Waals surface area contributed by atoms with Crippen molar-refractivity contribution in [3.63, 3.8) is 0 Å². The summed E-state index contributed by atoms with van der Waals surface area (Å²) in [7, 11) is 0. The average Bonchev–Trinajstić information content (AvgIpc) is 3.57. The molecule has 4 rings (SSSR count). The van der Waals surface area contributed by atoms with Crippen molar-refractivity contribution in [1.29, 1.82) is 0 Å². The van der Waals surface area contributed by atoms with Crippen LogP contribution in [0.15, 0.2) is 36.4 Å². The number of likely N-dealkylation sites (tertiary alicyclic amines) is 1. The molecule has 1 saturated heterocycles. The van der Waals surface area contributed by atoms with Gasteiger partial charge in [-0.1, -0.05) is 0 Å². The third kappa shape index (κ3) is 4.32. The van der Waals surface area contributed by atoms with Crippen molar-refractivity contribution in [2.45, 2.75) is 44.6 Å². The number of carbonyl (C=O) groups excluding carboxylic acids is 2. The van der Waals surface area contributed by atoms with Crippen LogP contribution in [0.1, 0.15) is 63.7 Å². The summed E-state index contributed by atoms with van der Waals surface area (Å²) < 4.78 is 0. The molecule has 0 spiro atoms. The number of nitro benzene ring substituents is 1. The van der Waals surface area contributed by atoms with Crippen LogP contribution >= 0.6 is 0 Å². The number of rotatable bonds is 5. The van der Waals surface area contributed by atoms with Gasteiger partial charge in [0.2, 0.25) is 0 Å². The lowest BCUT2D eigenvalue weighted by atomic mass is 9.89. The molecule has 156 valence electrons. The lowest BCUT2D eigenvalue weighted by Crippen LogP contribution is -2.38. The zero-order valence-corrected chi connectivity index (χ0v) is 16.8. The van der Waals surface area contributed by atoms with Gasteiger partial charge in [-0.05, 0) is 56.9 Å². The summed E-state index contributed by atoms with van der Waals surface area (Å²) in [5.41, 5.74) is 2.73. The number of aryl methyl sites for hydroxylation is 1. The largest absolute Gasteiger partial charge is 0.349 e. The molecule has 8 heteroatoms. The van der Waals surface area contributed by atoms with Crippen LogP contribution in [-0.2, 0) is 0 Å². The van der Waals surface area contributed by atoms with E-state index >= 15 is 0 Å². The molecule has 1 saturated carbocycles. The van der Waals surface area contributed by atoms with Crippen LogP contribution in [0, 0.1) is 17.0 Å². The van der Waals surface area contributed by atoms with Gasteiger partial charge in [0.05, 0.1) is 16.2 Å². The first-order valence-corrected chi connectivity index (χ1v) is 10.2. The number of aromatic nitrogens is 1. The maximum Gasteiger partial charge on any atom is 0.269 e. The number of nitrogens with zero attached hydrogens (tertiary/aromatic N) is 3. The van der Waals surface area contributed by atoms with Crippen molar-refractivity contribution in [3.05, 3.63) is 69.0 Å². The van der Waals surface area contributed by atoms with Crippen molar-refractivity contribution >= 4 is 17.5 Å². The number of nitro groups is 1. The van der Waals surface area contributed by atoms with E-state index in [1.54, 1.807) is 4.90 Å². The van der Waals surface area contributed by atoms with Crippen LogP contribution in [0.5, 0.6) is 0 Å². The van der Waals surface area contributed by atoms with Crippen LogP contribution < -0.4 is 5.32 Å². The second-order valence-corrected chi connectivity index (χ2v) is 8.00. The molecule has 1 aromatic carbocycles. The molecule has 1 aliphatic heterocycles. The molecule has 0 atom stereocenters. The monoisotopic (exact) mass is 408 g/mol. The van der Waals surface area contributed by atoms with E-state index in [0.717, 1.165) is 37.1 Å². The molecule has 1 N–H and O–H groups in total. The number of pyridine rings is 1. The van der Waals surface area contributed by atoms with Crippen molar-refractivity contribution in [1.82, 2.24) is 15.2 Å². The van der Waals surface area contributed by atoms with Gasteiger partial charge in [-0.3, -0.25) is 24.7 Å². The summed E-state index contributed by atoms with van der Waals surface area (Å²) in [6, 6.07) is 9.68. The number of carbonyl (C=O) groups is 2. The number of amides is 2. The fourth-order valence-corrected chi connectivity index (χ4v) is 3.84. The highest BCUT2D eigenvalue weighted by Gasteiger charge is 2.30. The highest BCUT2D eigenvalue weighted by Crippen LogP contribution is 2.31. The quantitative estimate of drug-likeness (QED) is 0.604. The standard InChI is InChI=1S/C22H24N4O4/c1-14-2-9-19(21(27)24-17-5-6-17)20(23-14)15-10-12-25(13-11-15)22(28)16-3-7-18(8-4-16)26(29)30/h2-4,7-9,15,17H,5-6,10-13H2,1H3,(H,24,27). The number of hydrogen-bond donors (Lipinski definition) is 1. The highest BCUT2D eigenvalue weighted by atomic mass is 16.6. The molecule has 8 nitrogen and oxygen atoms in total. The number of hydrogen-bond acceptors (Lipinski definition) is 5. The van der Waals surface area contributed by atoms with Gasteiger partial charge in [-0.2, -0.15) is 0 Å². The first kappa shape index (κ1) is 20.0. The Hall–Kier alpha value is -3.29. The fourth-order valence-electron chi connectivity index (χ4n) is 3.84. The molecule has 1 aromatic heterocycles. The van der Waals surface area contributed by atoms with Crippen LogP contribution in [-0.4, -0.2) is 45.8 Å². The van der Waals surface area contributed by atoms with E-state index in [4.69, 9.17) is 0 Å². The number of benzene rings is 1. The lowest BCUT2D eigenvalue weighted by molar-refractivity contribution is -0.384. The third-order valence-corrected chi connectivity index (χ3v) is 5.72. The Kier molecular flexibility index (Phi) is 5.48. The van der Waals surface area contributed by atoms with Gasteiger partial charge in [0.1, 0.15) is 0 Å². The van der Waals surface area contributed by atoms with Gasteiger partial charge in [-0.25, -0.2) is 0 Å². The summed E-state index contributed by atoms with van der Waals surface area (Å²) in [6.07, 6.45) is 3.50. The minimum absolute atomic E-state index is 0.0345. The molecule has 2 amide bonds. The van der Waals surface area contributed by atoms with E-state index in [1.165, 1.54) is 24.3 Å². The van der Waals surface area contributed by atoms with Gasteiger partial charge in [0.25, 0.3) is 17.5 Å². The van der Waals surface area contributed by atoms with E-state index < -0.39 is 4.92 Å². The molecule has 30 heavy (non-hydrogen) atoms. The SMILES string of the molecule is Cc1ccc(C(=O)NC2CC2)c(C2CCN(C(=O)c3ccc([N+](=O)[O-])cc3)CC2)n1. The molecule has 2 aliphatic rings. The zero-order chi connectivity index (χ0) is 21.3. The zero-order valence-electron chi connectivity index (χ0n) is 16.8. The normalized spacial score (nSPS) is 16.9. The molecular weight excluding hydrogens is 384 g/mol. The van der Waals surface area contributed by atoms with Crippen LogP contribution in [0.4, 0.5) is 5.69 Å². The Labute approximate surface area is 174 Å². The topological polar surface area (TPSA) is 105 Å². The summed E-state index contributed by atoms with van der Waals surface area (Å²) >= 11 is 0. The second-order valence-electron chi connectivity index (χ2n) is 8.00. The van der Waals surface area contributed by atoms with Crippen molar-refractivity contribution in [2.24, 2.45) is 0 Å². The van der Waals surface area contributed by atoms with Crippen LogP contribution in [0.3, 0.4) is 0 Å². The predicted octanol–water partition coefficient (Wildman–Crippen LogP) is 3.21.